The average molecular weight is 479 g/mol. The molecule has 3 aromatic rings. The van der Waals surface area contributed by atoms with Crippen LogP contribution in [0.2, 0.25) is 0 Å². The molecule has 0 aliphatic rings. The maximum absolute atomic E-state index is 13.1. The Bertz CT molecular complexity index is 1350. The molecule has 4 N–H and O–H groups in total. The molecule has 0 atom stereocenters. The average Bonchev–Trinajstić information content (AvgIpc) is 3.28. The molecular weight excluding hydrogens is 448 g/mol. The predicted octanol–water partition coefficient (Wildman–Crippen LogP) is 2.04. The summed E-state index contributed by atoms with van der Waals surface area (Å²) in [6.07, 6.45) is 8.01. The third-order valence-corrected chi connectivity index (χ3v) is 5.20. The number of hydrogen-bond acceptors (Lipinski definition) is 8. The fraction of sp³-hybridized carbons (Fsp3) is 0.292. The maximum Gasteiger partial charge on any atom is 0.279 e. The largest absolute Gasteiger partial charge is 0.396 e. The molecule has 11 nitrogen and oxygen atoms in total. The molecule has 3 heterocycles. The third kappa shape index (κ3) is 5.64. The van der Waals surface area contributed by atoms with Crippen LogP contribution in [0.4, 0.5) is 17.3 Å². The SMILES string of the molecule is C=C/C=C\C(=NC)n1cccc(Nc2cc(NC)n3ncc(C(=O)NCC(C)(C)CO)c3n2)c1=O. The minimum absolute atomic E-state index is 0.0688. The first kappa shape index (κ1) is 25.4. The first-order chi connectivity index (χ1) is 16.7. The molecular formula is C24H30N8O3. The Morgan fingerprint density at radius 3 is 2.80 bits per heavy atom. The van der Waals surface area contributed by atoms with E-state index in [9.17, 15) is 14.7 Å². The van der Waals surface area contributed by atoms with Crippen LogP contribution >= 0.6 is 0 Å². The van der Waals surface area contributed by atoms with Crippen LogP contribution in [0.25, 0.3) is 5.65 Å². The molecule has 0 radical (unpaired) electrons. The van der Waals surface area contributed by atoms with Gasteiger partial charge in [-0.15, -0.1) is 0 Å². The number of amides is 1. The van der Waals surface area contributed by atoms with Crippen molar-refractivity contribution in [1.29, 1.82) is 0 Å². The van der Waals surface area contributed by atoms with Crippen LogP contribution < -0.4 is 21.5 Å². The van der Waals surface area contributed by atoms with E-state index in [1.807, 2.05) is 13.8 Å². The van der Waals surface area contributed by atoms with Gasteiger partial charge < -0.3 is 21.1 Å². The van der Waals surface area contributed by atoms with Crippen LogP contribution in [0.5, 0.6) is 0 Å². The molecule has 0 aliphatic carbocycles. The normalized spacial score (nSPS) is 12.2. The smallest absolute Gasteiger partial charge is 0.279 e. The van der Waals surface area contributed by atoms with Crippen molar-refractivity contribution in [1.82, 2.24) is 24.5 Å². The maximum atomic E-state index is 13.1. The van der Waals surface area contributed by atoms with Gasteiger partial charge in [-0.1, -0.05) is 32.6 Å². The minimum atomic E-state index is -0.469. The van der Waals surface area contributed by atoms with Gasteiger partial charge in [-0.3, -0.25) is 19.1 Å². The van der Waals surface area contributed by atoms with Gasteiger partial charge in [-0.05, 0) is 18.2 Å². The van der Waals surface area contributed by atoms with Gasteiger partial charge in [0.2, 0.25) is 0 Å². The molecule has 0 fully saturated rings. The molecule has 0 aromatic carbocycles. The van der Waals surface area contributed by atoms with Crippen LogP contribution in [0.1, 0.15) is 24.2 Å². The molecule has 0 saturated heterocycles. The number of aliphatic imine (C=N–C) groups is 1. The van der Waals surface area contributed by atoms with Crippen LogP contribution in [0.15, 0.2) is 65.2 Å². The zero-order valence-electron chi connectivity index (χ0n) is 20.2. The zero-order chi connectivity index (χ0) is 25.6. The third-order valence-electron chi connectivity index (χ3n) is 5.20. The molecule has 0 aliphatic heterocycles. The van der Waals surface area contributed by atoms with E-state index >= 15 is 0 Å². The summed E-state index contributed by atoms with van der Waals surface area (Å²) in [4.78, 5) is 34.6. The van der Waals surface area contributed by atoms with Crippen LogP contribution in [0.3, 0.4) is 0 Å². The Morgan fingerprint density at radius 1 is 1.37 bits per heavy atom. The molecule has 184 valence electrons. The van der Waals surface area contributed by atoms with E-state index < -0.39 is 5.41 Å². The summed E-state index contributed by atoms with van der Waals surface area (Å²) in [6.45, 7) is 7.54. The lowest BCUT2D eigenvalue weighted by atomic mass is 9.95. The van der Waals surface area contributed by atoms with Gasteiger partial charge >= 0.3 is 0 Å². The minimum Gasteiger partial charge on any atom is -0.396 e. The summed E-state index contributed by atoms with van der Waals surface area (Å²) in [5.74, 6) is 0.985. The molecule has 35 heavy (non-hydrogen) atoms. The van der Waals surface area contributed by atoms with Crippen molar-refractivity contribution in [3.63, 3.8) is 0 Å². The lowest BCUT2D eigenvalue weighted by molar-refractivity contribution is 0.0912. The molecule has 0 unspecified atom stereocenters. The fourth-order valence-electron chi connectivity index (χ4n) is 3.16. The van der Waals surface area contributed by atoms with E-state index in [1.165, 1.54) is 15.3 Å². The number of aromatic nitrogens is 4. The Morgan fingerprint density at radius 2 is 2.14 bits per heavy atom. The number of pyridine rings is 1. The van der Waals surface area contributed by atoms with Gasteiger partial charge in [0, 0.05) is 44.9 Å². The van der Waals surface area contributed by atoms with Crippen molar-refractivity contribution in [3.05, 3.63) is 71.3 Å². The number of nitrogens with one attached hydrogen (secondary N) is 3. The van der Waals surface area contributed by atoms with Crippen molar-refractivity contribution >= 4 is 34.7 Å². The van der Waals surface area contributed by atoms with E-state index in [-0.39, 0.29) is 35.9 Å². The highest BCUT2D eigenvalue weighted by molar-refractivity contribution is 6.00. The number of aliphatic hydroxyl groups is 1. The number of aliphatic hydroxyl groups excluding tert-OH is 1. The molecule has 11 heteroatoms. The van der Waals surface area contributed by atoms with Crippen LogP contribution in [0, 0.1) is 5.41 Å². The monoisotopic (exact) mass is 478 g/mol. The second kappa shape index (κ2) is 10.8. The van der Waals surface area contributed by atoms with Crippen molar-refractivity contribution in [2.45, 2.75) is 13.8 Å². The number of hydrogen-bond donors (Lipinski definition) is 4. The lowest BCUT2D eigenvalue weighted by Crippen LogP contribution is -2.36. The second-order valence-corrected chi connectivity index (χ2v) is 8.47. The summed E-state index contributed by atoms with van der Waals surface area (Å²) >= 11 is 0. The molecule has 0 spiro atoms. The highest BCUT2D eigenvalue weighted by atomic mass is 16.3. The summed E-state index contributed by atoms with van der Waals surface area (Å²) < 4.78 is 2.91. The van der Waals surface area contributed by atoms with E-state index in [2.05, 4.69) is 37.6 Å². The van der Waals surface area contributed by atoms with Gasteiger partial charge in [0.05, 0.1) is 6.20 Å². The lowest BCUT2D eigenvalue weighted by Gasteiger charge is -2.21. The van der Waals surface area contributed by atoms with Gasteiger partial charge in [0.25, 0.3) is 11.5 Å². The first-order valence-electron chi connectivity index (χ1n) is 10.9. The van der Waals surface area contributed by atoms with Crippen molar-refractivity contribution < 1.29 is 9.90 Å². The van der Waals surface area contributed by atoms with Gasteiger partial charge in [-0.25, -0.2) is 4.98 Å². The first-order valence-corrected chi connectivity index (χ1v) is 10.9. The van der Waals surface area contributed by atoms with Gasteiger partial charge in [0.1, 0.15) is 28.7 Å². The summed E-state index contributed by atoms with van der Waals surface area (Å²) in [7, 11) is 3.31. The summed E-state index contributed by atoms with van der Waals surface area (Å²) in [6, 6.07) is 5.03. The molecule has 3 rings (SSSR count). The highest BCUT2D eigenvalue weighted by Gasteiger charge is 2.21. The predicted molar refractivity (Wildman–Crippen MR) is 138 cm³/mol. The quantitative estimate of drug-likeness (QED) is 0.210. The van der Waals surface area contributed by atoms with E-state index in [1.54, 1.807) is 56.7 Å². The van der Waals surface area contributed by atoms with E-state index in [0.29, 0.717) is 23.1 Å². The molecule has 0 bridgehead atoms. The Kier molecular flexibility index (Phi) is 7.82. The van der Waals surface area contributed by atoms with Crippen LogP contribution in [-0.4, -0.2) is 63.3 Å². The number of carbonyl (C=O) groups is 1. The number of nitrogens with zero attached hydrogens (tertiary/aromatic N) is 5. The Hall–Kier alpha value is -4.25. The summed E-state index contributed by atoms with van der Waals surface area (Å²) in [5, 5.41) is 22.6. The topological polar surface area (TPSA) is 138 Å². The zero-order valence-corrected chi connectivity index (χ0v) is 20.2. The van der Waals surface area contributed by atoms with E-state index in [4.69, 9.17) is 0 Å². The number of allylic oxidation sites excluding steroid dienone is 3. The van der Waals surface area contributed by atoms with E-state index in [0.717, 1.165) is 0 Å². The number of anilines is 3. The number of rotatable bonds is 9. The fourth-order valence-corrected chi connectivity index (χ4v) is 3.16. The van der Waals surface area contributed by atoms with Crippen LogP contribution in [-0.2, 0) is 0 Å². The second-order valence-electron chi connectivity index (χ2n) is 8.47. The molecule has 1 amide bonds. The van der Waals surface area contributed by atoms with Gasteiger partial charge in [-0.2, -0.15) is 9.61 Å². The Balaban J connectivity index is 1.99. The highest BCUT2D eigenvalue weighted by Crippen LogP contribution is 2.21. The summed E-state index contributed by atoms with van der Waals surface area (Å²) in [5.41, 5.74) is 0.0461. The number of fused-ring (bicyclic) bond motifs is 1. The molecule has 3 aromatic heterocycles. The van der Waals surface area contributed by atoms with Crippen molar-refractivity contribution in [2.24, 2.45) is 10.4 Å². The number of carbonyl (C=O) groups excluding carboxylic acids is 1. The van der Waals surface area contributed by atoms with Gasteiger partial charge in [0.15, 0.2) is 5.65 Å². The van der Waals surface area contributed by atoms with Crippen molar-refractivity contribution in [2.75, 3.05) is 37.9 Å². The van der Waals surface area contributed by atoms with Crippen molar-refractivity contribution in [3.8, 4) is 0 Å². The molecule has 0 saturated carbocycles. The standard InChI is InChI=1S/C24H30N8O3/c1-6-7-10-19(25-4)31-11-8-9-17(23(31)35)29-18-12-20(26-5)32-21(30-18)16(13-28-32)22(34)27-14-24(2,3)15-33/h6-13,26,33H,1,14-15H2,2-5H3,(H,27,34)(H,29,30)/b10-7-,25-19?. The Labute approximate surface area is 202 Å².